The van der Waals surface area contributed by atoms with Gasteiger partial charge in [0.05, 0.1) is 18.4 Å². The number of rotatable bonds is 7. The van der Waals surface area contributed by atoms with Gasteiger partial charge in [-0.15, -0.1) is 11.3 Å². The van der Waals surface area contributed by atoms with Crippen LogP contribution in [0.3, 0.4) is 0 Å². The van der Waals surface area contributed by atoms with Gasteiger partial charge in [0, 0.05) is 39.2 Å². The summed E-state index contributed by atoms with van der Waals surface area (Å²) >= 11 is 1.72. The molecule has 2 aromatic rings. The second kappa shape index (κ2) is 9.55. The number of ether oxygens (including phenoxy) is 1. The van der Waals surface area contributed by atoms with Crippen molar-refractivity contribution in [2.24, 2.45) is 5.41 Å². The minimum Gasteiger partial charge on any atom is -0.384 e. The minimum atomic E-state index is -0.574. The van der Waals surface area contributed by atoms with Crippen LogP contribution in [0.4, 0.5) is 0 Å². The zero-order chi connectivity index (χ0) is 20.9. The number of hydrogen-bond donors (Lipinski definition) is 0. The molecular weight excluding hydrogens is 384 g/mol. The van der Waals surface area contributed by atoms with E-state index in [0.717, 1.165) is 18.4 Å². The summed E-state index contributed by atoms with van der Waals surface area (Å²) in [5.41, 5.74) is 1.75. The largest absolute Gasteiger partial charge is 0.384 e. The molecule has 5 nitrogen and oxygen atoms in total. The lowest BCUT2D eigenvalue weighted by Crippen LogP contribution is -2.54. The van der Waals surface area contributed by atoms with Crippen LogP contribution >= 0.6 is 11.3 Å². The Morgan fingerprint density at radius 1 is 1.21 bits per heavy atom. The fourth-order valence-electron chi connectivity index (χ4n) is 4.18. The van der Waals surface area contributed by atoms with E-state index in [0.29, 0.717) is 32.5 Å². The molecule has 6 heteroatoms. The predicted octanol–water partition coefficient (Wildman–Crippen LogP) is 3.69. The Kier molecular flexibility index (Phi) is 7.09. The van der Waals surface area contributed by atoms with Crippen molar-refractivity contribution >= 4 is 23.2 Å². The number of likely N-dealkylation sites (tertiary alicyclic amines) is 1. The number of methoxy groups -OCH3 is 1. The standard InChI is InChI=1S/C23H30N2O3S/c1-24(2)22(27)23(12-5-13-25(17-23)21(26)11-14-28-3)16-18-7-9-19(10-8-18)20-6-4-15-29-20/h4,6-10,15H,5,11-14,16-17H2,1-3H3. The number of nitrogens with zero attached hydrogens (tertiary/aromatic N) is 2. The van der Waals surface area contributed by atoms with Crippen LogP contribution in [0, 0.1) is 5.41 Å². The van der Waals surface area contributed by atoms with E-state index in [-0.39, 0.29) is 11.8 Å². The van der Waals surface area contributed by atoms with Gasteiger partial charge in [0.2, 0.25) is 11.8 Å². The fraction of sp³-hybridized carbons (Fsp3) is 0.478. The summed E-state index contributed by atoms with van der Waals surface area (Å²) < 4.78 is 5.06. The van der Waals surface area contributed by atoms with E-state index in [1.54, 1.807) is 37.4 Å². The molecule has 0 spiro atoms. The van der Waals surface area contributed by atoms with E-state index in [9.17, 15) is 9.59 Å². The molecule has 29 heavy (non-hydrogen) atoms. The molecule has 1 aliphatic heterocycles. The van der Waals surface area contributed by atoms with Crippen molar-refractivity contribution in [2.75, 3.05) is 40.9 Å². The van der Waals surface area contributed by atoms with Gasteiger partial charge >= 0.3 is 0 Å². The smallest absolute Gasteiger partial charge is 0.230 e. The van der Waals surface area contributed by atoms with Gasteiger partial charge in [-0.1, -0.05) is 30.3 Å². The van der Waals surface area contributed by atoms with Gasteiger partial charge < -0.3 is 14.5 Å². The maximum atomic E-state index is 13.2. The molecular formula is C23H30N2O3S. The molecule has 1 unspecified atom stereocenters. The SMILES string of the molecule is COCCC(=O)N1CCCC(Cc2ccc(-c3cccs3)cc2)(C(=O)N(C)C)C1. The first-order valence-electron chi connectivity index (χ1n) is 10.1. The van der Waals surface area contributed by atoms with Gasteiger partial charge in [-0.25, -0.2) is 0 Å². The Balaban J connectivity index is 1.81. The third-order valence-corrected chi connectivity index (χ3v) is 6.53. The first-order chi connectivity index (χ1) is 13.9. The molecule has 0 bridgehead atoms. The van der Waals surface area contributed by atoms with E-state index >= 15 is 0 Å². The number of carbonyl (C=O) groups excluding carboxylic acids is 2. The molecule has 2 amide bonds. The van der Waals surface area contributed by atoms with E-state index in [1.165, 1.54) is 10.4 Å². The van der Waals surface area contributed by atoms with Crippen LogP contribution in [0.1, 0.15) is 24.8 Å². The van der Waals surface area contributed by atoms with Crippen LogP contribution in [0.15, 0.2) is 41.8 Å². The molecule has 1 aromatic heterocycles. The Morgan fingerprint density at radius 2 is 1.97 bits per heavy atom. The molecule has 0 aliphatic carbocycles. The second-order valence-electron chi connectivity index (χ2n) is 7.99. The average Bonchev–Trinajstić information content (AvgIpc) is 3.27. The Morgan fingerprint density at radius 3 is 2.59 bits per heavy atom. The van der Waals surface area contributed by atoms with Crippen LogP contribution in [0.2, 0.25) is 0 Å². The van der Waals surface area contributed by atoms with Gasteiger partial charge in [0.25, 0.3) is 0 Å². The van der Waals surface area contributed by atoms with Crippen molar-refractivity contribution < 1.29 is 14.3 Å². The Labute approximate surface area is 177 Å². The minimum absolute atomic E-state index is 0.0653. The summed E-state index contributed by atoms with van der Waals surface area (Å²) in [6.45, 7) is 1.59. The van der Waals surface area contributed by atoms with E-state index in [1.807, 2.05) is 4.90 Å². The molecule has 1 atom stereocenters. The van der Waals surface area contributed by atoms with Gasteiger partial charge in [-0.3, -0.25) is 9.59 Å². The summed E-state index contributed by atoms with van der Waals surface area (Å²) in [4.78, 5) is 30.6. The normalized spacial score (nSPS) is 19.2. The van der Waals surface area contributed by atoms with Crippen LogP contribution in [-0.2, 0) is 20.7 Å². The summed E-state index contributed by atoms with van der Waals surface area (Å²) in [6, 6.07) is 12.6. The molecule has 1 aromatic carbocycles. The Hall–Kier alpha value is -2.18. The highest BCUT2D eigenvalue weighted by Crippen LogP contribution is 2.36. The van der Waals surface area contributed by atoms with E-state index in [2.05, 4.69) is 41.8 Å². The third kappa shape index (κ3) is 5.06. The zero-order valence-electron chi connectivity index (χ0n) is 17.5. The first-order valence-corrected chi connectivity index (χ1v) is 10.9. The van der Waals surface area contributed by atoms with Crippen molar-refractivity contribution in [3.05, 3.63) is 47.3 Å². The second-order valence-corrected chi connectivity index (χ2v) is 8.94. The molecule has 0 N–H and O–H groups in total. The van der Waals surface area contributed by atoms with E-state index < -0.39 is 5.41 Å². The van der Waals surface area contributed by atoms with Crippen molar-refractivity contribution in [1.29, 1.82) is 0 Å². The topological polar surface area (TPSA) is 49.9 Å². The lowest BCUT2D eigenvalue weighted by Gasteiger charge is -2.43. The predicted molar refractivity (Wildman–Crippen MR) is 117 cm³/mol. The lowest BCUT2D eigenvalue weighted by atomic mass is 9.73. The average molecular weight is 415 g/mol. The van der Waals surface area contributed by atoms with Crippen LogP contribution in [0.25, 0.3) is 10.4 Å². The number of carbonyl (C=O) groups is 2. The van der Waals surface area contributed by atoms with Crippen molar-refractivity contribution in [1.82, 2.24) is 9.80 Å². The summed E-state index contributed by atoms with van der Waals surface area (Å²) in [6.07, 6.45) is 2.64. The quantitative estimate of drug-likeness (QED) is 0.694. The Bertz CT molecular complexity index is 817. The molecule has 156 valence electrons. The highest BCUT2D eigenvalue weighted by Gasteiger charge is 2.44. The van der Waals surface area contributed by atoms with E-state index in [4.69, 9.17) is 4.74 Å². The number of amides is 2. The van der Waals surface area contributed by atoms with Crippen molar-refractivity contribution in [2.45, 2.75) is 25.7 Å². The first kappa shape index (κ1) is 21.5. The molecule has 1 saturated heterocycles. The van der Waals surface area contributed by atoms with Crippen molar-refractivity contribution in [3.8, 4) is 10.4 Å². The zero-order valence-corrected chi connectivity index (χ0v) is 18.3. The fourth-order valence-corrected chi connectivity index (χ4v) is 4.91. The van der Waals surface area contributed by atoms with Gasteiger partial charge in [0.1, 0.15) is 0 Å². The molecule has 1 aliphatic rings. The van der Waals surface area contributed by atoms with Crippen molar-refractivity contribution in [3.63, 3.8) is 0 Å². The highest BCUT2D eigenvalue weighted by atomic mass is 32.1. The summed E-state index contributed by atoms with van der Waals surface area (Å²) in [5.74, 6) is 0.166. The lowest BCUT2D eigenvalue weighted by molar-refractivity contribution is -0.147. The van der Waals surface area contributed by atoms with Gasteiger partial charge in [-0.2, -0.15) is 0 Å². The molecule has 0 radical (unpaired) electrons. The van der Waals surface area contributed by atoms with Gasteiger partial charge in [-0.05, 0) is 41.8 Å². The monoisotopic (exact) mass is 414 g/mol. The van der Waals surface area contributed by atoms with Crippen LogP contribution in [-0.4, -0.2) is 62.5 Å². The van der Waals surface area contributed by atoms with Crippen LogP contribution < -0.4 is 0 Å². The number of hydrogen-bond acceptors (Lipinski definition) is 4. The highest BCUT2D eigenvalue weighted by molar-refractivity contribution is 7.13. The molecule has 1 fully saturated rings. The number of benzene rings is 1. The molecule has 2 heterocycles. The number of thiophene rings is 1. The summed E-state index contributed by atoms with van der Waals surface area (Å²) in [5, 5.41) is 2.07. The number of piperidine rings is 1. The van der Waals surface area contributed by atoms with Gasteiger partial charge in [0.15, 0.2) is 0 Å². The maximum Gasteiger partial charge on any atom is 0.230 e. The summed E-state index contributed by atoms with van der Waals surface area (Å²) in [7, 11) is 5.20. The maximum absolute atomic E-state index is 13.2. The third-order valence-electron chi connectivity index (χ3n) is 5.61. The molecule has 3 rings (SSSR count). The van der Waals surface area contributed by atoms with Crippen LogP contribution in [0.5, 0.6) is 0 Å². The molecule has 0 saturated carbocycles.